The molecule has 4 heteroatoms. The molecule has 0 aromatic heterocycles. The van der Waals surface area contributed by atoms with E-state index in [0.29, 0.717) is 24.2 Å². The van der Waals surface area contributed by atoms with Gasteiger partial charge in [0.2, 0.25) is 0 Å². The van der Waals surface area contributed by atoms with Crippen molar-refractivity contribution in [3.8, 4) is 11.5 Å². The molecule has 0 unspecified atom stereocenters. The van der Waals surface area contributed by atoms with Gasteiger partial charge in [-0.2, -0.15) is 0 Å². The Balaban J connectivity index is 1.35. The first-order chi connectivity index (χ1) is 15.6. The van der Waals surface area contributed by atoms with Crippen molar-refractivity contribution >= 4 is 17.6 Å². The molecule has 32 heavy (non-hydrogen) atoms. The van der Waals surface area contributed by atoms with Gasteiger partial charge in [0.25, 0.3) is 0 Å². The predicted octanol–water partition coefficient (Wildman–Crippen LogP) is 6.68. The molecule has 3 atom stereocenters. The van der Waals surface area contributed by atoms with Gasteiger partial charge in [-0.05, 0) is 79.3 Å². The summed E-state index contributed by atoms with van der Waals surface area (Å²) < 4.78 is 5.45. The zero-order valence-electron chi connectivity index (χ0n) is 18.5. The summed E-state index contributed by atoms with van der Waals surface area (Å²) in [6, 6.07) is 20.8. The molecule has 0 radical (unpaired) electrons. The van der Waals surface area contributed by atoms with Crippen LogP contribution in [0.3, 0.4) is 0 Å². The van der Waals surface area contributed by atoms with Gasteiger partial charge in [0.15, 0.2) is 11.5 Å². The van der Waals surface area contributed by atoms with Gasteiger partial charge in [-0.15, -0.1) is 0 Å². The number of hydrogen-bond acceptors (Lipinski definition) is 4. The maximum absolute atomic E-state index is 9.87. The number of aryl methyl sites for hydroxylation is 1. The molecule has 0 fully saturated rings. The molecule has 2 aliphatic rings. The molecule has 0 spiro atoms. The maximum atomic E-state index is 9.87. The number of rotatable bonds is 5. The summed E-state index contributed by atoms with van der Waals surface area (Å²) in [5, 5.41) is 13.7. The Labute approximate surface area is 189 Å². The van der Waals surface area contributed by atoms with Crippen molar-refractivity contribution in [2.45, 2.75) is 32.2 Å². The van der Waals surface area contributed by atoms with E-state index >= 15 is 0 Å². The van der Waals surface area contributed by atoms with Gasteiger partial charge in [0.05, 0.1) is 18.3 Å². The van der Waals surface area contributed by atoms with Crippen molar-refractivity contribution in [1.82, 2.24) is 0 Å². The fraction of sp³-hybridized carbons (Fsp3) is 0.250. The normalized spacial score (nSPS) is 21.2. The lowest BCUT2D eigenvalue weighted by atomic mass is 9.76. The topological polar surface area (TPSA) is 53.8 Å². The van der Waals surface area contributed by atoms with Gasteiger partial charge in [-0.1, -0.05) is 42.0 Å². The molecule has 0 saturated carbocycles. The van der Waals surface area contributed by atoms with Crippen LogP contribution in [0.2, 0.25) is 0 Å². The van der Waals surface area contributed by atoms with Crippen molar-refractivity contribution < 1.29 is 9.84 Å². The molecule has 1 aliphatic carbocycles. The Kier molecular flexibility index (Phi) is 5.44. The van der Waals surface area contributed by atoms with Crippen LogP contribution in [0, 0.1) is 12.8 Å². The molecule has 0 amide bonds. The summed E-state index contributed by atoms with van der Waals surface area (Å²) in [6.07, 6.45) is 7.60. The van der Waals surface area contributed by atoms with E-state index in [9.17, 15) is 5.11 Å². The number of phenolic OH excluding ortho intramolecular Hbond substituents is 1. The number of aliphatic imine (C=N–C) groups is 1. The molecule has 162 valence electrons. The number of phenols is 1. The third kappa shape index (κ3) is 3.89. The zero-order chi connectivity index (χ0) is 22.1. The van der Waals surface area contributed by atoms with Crippen molar-refractivity contribution in [1.29, 1.82) is 0 Å². The van der Waals surface area contributed by atoms with E-state index in [2.05, 4.69) is 71.8 Å². The Morgan fingerprint density at radius 3 is 2.75 bits per heavy atom. The molecule has 0 bridgehead atoms. The minimum atomic E-state index is 0.143. The van der Waals surface area contributed by atoms with Crippen LogP contribution in [0.5, 0.6) is 11.5 Å². The summed E-state index contributed by atoms with van der Waals surface area (Å²) in [5.41, 5.74) is 7.04. The number of hydrogen-bond donors (Lipinski definition) is 2. The predicted molar refractivity (Wildman–Crippen MR) is 131 cm³/mol. The zero-order valence-corrected chi connectivity index (χ0v) is 18.5. The lowest BCUT2D eigenvalue weighted by Gasteiger charge is -2.37. The lowest BCUT2D eigenvalue weighted by Crippen LogP contribution is -2.29. The fourth-order valence-electron chi connectivity index (χ4n) is 4.84. The molecule has 5 rings (SSSR count). The van der Waals surface area contributed by atoms with Crippen LogP contribution >= 0.6 is 0 Å². The highest BCUT2D eigenvalue weighted by Gasteiger charge is 2.37. The maximum Gasteiger partial charge on any atom is 0.161 e. The standard InChI is InChI=1S/C28H28N2O2/c1-3-32-27-16-19(8-14-26(27)31)17-29-21-11-9-20(10-12-21)28-23-6-4-5-22(23)24-15-18(2)7-13-25(24)30-28/h4-5,7-17,22-23,28,30-31H,3,6H2,1-2H3/t22-,23+,28+/m1/s1. The van der Waals surface area contributed by atoms with Crippen LogP contribution in [0.4, 0.5) is 11.4 Å². The van der Waals surface area contributed by atoms with Crippen LogP contribution < -0.4 is 10.1 Å². The number of nitrogens with zero attached hydrogens (tertiary/aromatic N) is 1. The largest absolute Gasteiger partial charge is 0.504 e. The Hall–Kier alpha value is -3.53. The second kappa shape index (κ2) is 8.54. The average Bonchev–Trinajstić information content (AvgIpc) is 3.30. The Bertz CT molecular complexity index is 1180. The molecule has 1 aliphatic heterocycles. The molecule has 3 aromatic rings. The van der Waals surface area contributed by atoms with Gasteiger partial charge in [-0.3, -0.25) is 4.99 Å². The first-order valence-electron chi connectivity index (χ1n) is 11.3. The van der Waals surface area contributed by atoms with E-state index in [0.717, 1.165) is 17.7 Å². The van der Waals surface area contributed by atoms with Gasteiger partial charge >= 0.3 is 0 Å². The molecule has 1 heterocycles. The van der Waals surface area contributed by atoms with E-state index < -0.39 is 0 Å². The third-order valence-corrected chi connectivity index (χ3v) is 6.42. The van der Waals surface area contributed by atoms with Gasteiger partial charge in [0.1, 0.15) is 0 Å². The van der Waals surface area contributed by atoms with Gasteiger partial charge in [0, 0.05) is 17.8 Å². The van der Waals surface area contributed by atoms with Crippen LogP contribution in [0.25, 0.3) is 0 Å². The van der Waals surface area contributed by atoms with Crippen LogP contribution in [-0.2, 0) is 0 Å². The molecule has 4 nitrogen and oxygen atoms in total. The SMILES string of the molecule is CCOc1cc(C=Nc2ccc([C@@H]3Nc4ccc(C)cc4[C@@H]4C=CC[C@@H]43)cc2)ccc1O. The van der Waals surface area contributed by atoms with Crippen molar-refractivity contribution in [3.05, 3.63) is 95.1 Å². The minimum Gasteiger partial charge on any atom is -0.504 e. The average molecular weight is 425 g/mol. The second-order valence-electron chi connectivity index (χ2n) is 8.58. The summed E-state index contributed by atoms with van der Waals surface area (Å²) in [7, 11) is 0. The molecule has 0 saturated heterocycles. The summed E-state index contributed by atoms with van der Waals surface area (Å²) in [5.74, 6) is 1.63. The highest BCUT2D eigenvalue weighted by atomic mass is 16.5. The highest BCUT2D eigenvalue weighted by molar-refractivity contribution is 5.83. The van der Waals surface area contributed by atoms with Crippen LogP contribution in [0.15, 0.2) is 77.8 Å². The number of benzene rings is 3. The van der Waals surface area contributed by atoms with E-state index in [4.69, 9.17) is 4.74 Å². The Morgan fingerprint density at radius 2 is 1.94 bits per heavy atom. The van der Waals surface area contributed by atoms with Crippen molar-refractivity contribution in [2.24, 2.45) is 10.9 Å². The fourth-order valence-corrected chi connectivity index (χ4v) is 4.84. The lowest BCUT2D eigenvalue weighted by molar-refractivity contribution is 0.318. The Morgan fingerprint density at radius 1 is 1.09 bits per heavy atom. The van der Waals surface area contributed by atoms with Crippen LogP contribution in [0.1, 0.15) is 47.6 Å². The van der Waals surface area contributed by atoms with E-state index in [1.807, 2.05) is 13.0 Å². The molecular weight excluding hydrogens is 396 g/mol. The van der Waals surface area contributed by atoms with E-state index in [1.165, 1.54) is 22.4 Å². The summed E-state index contributed by atoms with van der Waals surface area (Å²) >= 11 is 0. The molecular formula is C28H28N2O2. The minimum absolute atomic E-state index is 0.143. The third-order valence-electron chi connectivity index (χ3n) is 6.42. The number of allylic oxidation sites excluding steroid dienone is 2. The van der Waals surface area contributed by atoms with Crippen molar-refractivity contribution in [2.75, 3.05) is 11.9 Å². The summed E-state index contributed by atoms with van der Waals surface area (Å²) in [4.78, 5) is 4.61. The smallest absolute Gasteiger partial charge is 0.161 e. The summed E-state index contributed by atoms with van der Waals surface area (Å²) in [6.45, 7) is 4.56. The number of nitrogens with one attached hydrogen (secondary N) is 1. The first kappa shape index (κ1) is 20.4. The first-order valence-corrected chi connectivity index (χ1v) is 11.3. The monoisotopic (exact) mass is 424 g/mol. The second-order valence-corrected chi connectivity index (χ2v) is 8.58. The van der Waals surface area contributed by atoms with Gasteiger partial charge in [-0.25, -0.2) is 0 Å². The molecule has 2 N–H and O–H groups in total. The number of aromatic hydroxyl groups is 1. The number of anilines is 1. The van der Waals surface area contributed by atoms with Crippen LogP contribution in [-0.4, -0.2) is 17.9 Å². The van der Waals surface area contributed by atoms with E-state index in [1.54, 1.807) is 18.3 Å². The number of ether oxygens (including phenoxy) is 1. The quantitative estimate of drug-likeness (QED) is 0.355. The van der Waals surface area contributed by atoms with Gasteiger partial charge < -0.3 is 15.2 Å². The number of fused-ring (bicyclic) bond motifs is 3. The van der Waals surface area contributed by atoms with E-state index in [-0.39, 0.29) is 11.8 Å². The highest BCUT2D eigenvalue weighted by Crippen LogP contribution is 2.50. The molecule has 3 aromatic carbocycles. The van der Waals surface area contributed by atoms with Crippen molar-refractivity contribution in [3.63, 3.8) is 0 Å².